The van der Waals surface area contributed by atoms with E-state index in [1.54, 1.807) is 18.4 Å². The van der Waals surface area contributed by atoms with Gasteiger partial charge in [-0.2, -0.15) is 0 Å². The summed E-state index contributed by atoms with van der Waals surface area (Å²) < 4.78 is 11.4. The lowest BCUT2D eigenvalue weighted by atomic mass is 9.88. The summed E-state index contributed by atoms with van der Waals surface area (Å²) in [5.41, 5.74) is 2.42. The van der Waals surface area contributed by atoms with E-state index in [9.17, 15) is 0 Å². The third-order valence-electron chi connectivity index (χ3n) is 4.03. The van der Waals surface area contributed by atoms with Gasteiger partial charge in [0.2, 0.25) is 0 Å². The Balaban J connectivity index is 1.81. The highest BCUT2D eigenvalue weighted by atomic mass is 32.1. The second kappa shape index (κ2) is 5.94. The highest BCUT2D eigenvalue weighted by Gasteiger charge is 2.24. The average Bonchev–Trinajstić information content (AvgIpc) is 3.15. The number of hydrogen-bond acceptors (Lipinski definition) is 3. The maximum Gasteiger partial charge on any atom is 0.141 e. The molecule has 0 aliphatic carbocycles. The summed E-state index contributed by atoms with van der Waals surface area (Å²) in [5.74, 6) is 2.92. The Labute approximate surface area is 139 Å². The van der Waals surface area contributed by atoms with Crippen molar-refractivity contribution in [1.82, 2.24) is 0 Å². The van der Waals surface area contributed by atoms with E-state index in [1.165, 1.54) is 11.1 Å². The smallest absolute Gasteiger partial charge is 0.141 e. The third-order valence-corrected chi connectivity index (χ3v) is 4.92. The molecule has 0 spiro atoms. The minimum absolute atomic E-state index is 0.183. The van der Waals surface area contributed by atoms with E-state index in [2.05, 4.69) is 41.8 Å². The normalized spacial score (nSPS) is 16.2. The monoisotopic (exact) mass is 320 g/mol. The molecule has 0 N–H and O–H groups in total. The lowest BCUT2D eigenvalue weighted by Crippen LogP contribution is -2.09. The van der Waals surface area contributed by atoms with Crippen LogP contribution in [0.2, 0.25) is 0 Å². The van der Waals surface area contributed by atoms with Crippen LogP contribution >= 0.6 is 11.3 Å². The van der Waals surface area contributed by atoms with Gasteiger partial charge in [-0.05, 0) is 41.3 Å². The summed E-state index contributed by atoms with van der Waals surface area (Å²) in [5, 5.41) is 2.07. The molecule has 0 fully saturated rings. The van der Waals surface area contributed by atoms with Crippen LogP contribution in [0.5, 0.6) is 11.5 Å². The van der Waals surface area contributed by atoms with Crippen LogP contribution in [0, 0.1) is 0 Å². The fourth-order valence-corrected chi connectivity index (χ4v) is 3.55. The van der Waals surface area contributed by atoms with Crippen LogP contribution in [0.4, 0.5) is 0 Å². The van der Waals surface area contributed by atoms with E-state index in [-0.39, 0.29) is 5.92 Å². The maximum absolute atomic E-state index is 6.12. The largest absolute Gasteiger partial charge is 0.497 e. The first-order chi connectivity index (χ1) is 11.3. The molecule has 2 aromatic carbocycles. The van der Waals surface area contributed by atoms with Gasteiger partial charge < -0.3 is 9.47 Å². The number of benzene rings is 2. The summed E-state index contributed by atoms with van der Waals surface area (Å²) in [7, 11) is 1.69. The van der Waals surface area contributed by atoms with Crippen LogP contribution in [0.1, 0.15) is 21.9 Å². The van der Waals surface area contributed by atoms with Crippen molar-refractivity contribution in [1.29, 1.82) is 0 Å². The van der Waals surface area contributed by atoms with Gasteiger partial charge in [0, 0.05) is 11.5 Å². The molecular formula is C20H16O2S. The molecule has 3 aromatic rings. The topological polar surface area (TPSA) is 18.5 Å². The van der Waals surface area contributed by atoms with Crippen molar-refractivity contribution < 1.29 is 9.47 Å². The molecule has 4 rings (SSSR count). The van der Waals surface area contributed by atoms with Crippen LogP contribution in [0.3, 0.4) is 0 Å². The first-order valence-corrected chi connectivity index (χ1v) is 8.39. The zero-order valence-electron chi connectivity index (χ0n) is 12.7. The molecule has 1 aromatic heterocycles. The second-order valence-corrected chi connectivity index (χ2v) is 6.35. The van der Waals surface area contributed by atoms with Crippen molar-refractivity contribution in [3.05, 3.63) is 88.1 Å². The Morgan fingerprint density at radius 2 is 1.78 bits per heavy atom. The average molecular weight is 320 g/mol. The Bertz CT molecular complexity index is 832. The van der Waals surface area contributed by atoms with Crippen molar-refractivity contribution in [2.24, 2.45) is 0 Å². The highest BCUT2D eigenvalue weighted by Crippen LogP contribution is 2.41. The molecule has 1 aliphatic rings. The summed E-state index contributed by atoms with van der Waals surface area (Å²) in [6.45, 7) is 0. The van der Waals surface area contributed by atoms with Crippen molar-refractivity contribution >= 4 is 17.1 Å². The molecule has 2 nitrogen and oxygen atoms in total. The number of para-hydroxylation sites is 1. The molecule has 0 saturated heterocycles. The molecule has 1 atom stereocenters. The Kier molecular flexibility index (Phi) is 3.64. The SMILES string of the molecule is COc1ccc([C@@H]2C=C(c3cccs3)Oc3ccccc32)cc1. The quantitative estimate of drug-likeness (QED) is 0.650. The van der Waals surface area contributed by atoms with Gasteiger partial charge in [0.15, 0.2) is 0 Å². The molecule has 0 amide bonds. The van der Waals surface area contributed by atoms with Crippen molar-refractivity contribution in [2.45, 2.75) is 5.92 Å². The van der Waals surface area contributed by atoms with Gasteiger partial charge in [0.25, 0.3) is 0 Å². The van der Waals surface area contributed by atoms with Gasteiger partial charge in [-0.1, -0.05) is 36.4 Å². The fraction of sp³-hybridized carbons (Fsp3) is 0.100. The summed E-state index contributed by atoms with van der Waals surface area (Å²) in [4.78, 5) is 1.15. The van der Waals surface area contributed by atoms with Crippen LogP contribution in [-0.4, -0.2) is 7.11 Å². The van der Waals surface area contributed by atoms with Crippen LogP contribution < -0.4 is 9.47 Å². The number of thiophene rings is 1. The first kappa shape index (κ1) is 14.1. The molecular weight excluding hydrogens is 304 g/mol. The summed E-state index contributed by atoms with van der Waals surface area (Å²) in [6, 6.07) is 20.6. The van der Waals surface area contributed by atoms with Gasteiger partial charge in [0.05, 0.1) is 12.0 Å². The Morgan fingerprint density at radius 3 is 2.52 bits per heavy atom. The minimum Gasteiger partial charge on any atom is -0.497 e. The summed E-state index contributed by atoms with van der Waals surface area (Å²) in [6.07, 6.45) is 2.20. The standard InChI is InChI=1S/C20H16O2S/c1-21-15-10-8-14(9-11-15)17-13-19(20-7-4-12-23-20)22-18-6-3-2-5-16(17)18/h2-13,17H,1H3/t17-/m0/s1. The number of fused-ring (bicyclic) bond motifs is 1. The minimum atomic E-state index is 0.183. The van der Waals surface area contributed by atoms with Crippen molar-refractivity contribution in [3.8, 4) is 11.5 Å². The van der Waals surface area contributed by atoms with E-state index in [4.69, 9.17) is 9.47 Å². The zero-order chi connectivity index (χ0) is 15.6. The Morgan fingerprint density at radius 1 is 0.957 bits per heavy atom. The molecule has 0 unspecified atom stereocenters. The molecule has 114 valence electrons. The zero-order valence-corrected chi connectivity index (χ0v) is 13.5. The molecule has 0 radical (unpaired) electrons. The Hall–Kier alpha value is -2.52. The third kappa shape index (κ3) is 2.64. The van der Waals surface area contributed by atoms with Gasteiger partial charge >= 0.3 is 0 Å². The molecule has 23 heavy (non-hydrogen) atoms. The van der Waals surface area contributed by atoms with Gasteiger partial charge in [-0.3, -0.25) is 0 Å². The molecule has 1 aliphatic heterocycles. The predicted molar refractivity (Wildman–Crippen MR) is 94.2 cm³/mol. The van der Waals surface area contributed by atoms with Crippen LogP contribution in [0.25, 0.3) is 5.76 Å². The lowest BCUT2D eigenvalue weighted by molar-refractivity contribution is 0.414. The first-order valence-electron chi connectivity index (χ1n) is 7.51. The molecule has 0 bridgehead atoms. The summed E-state index contributed by atoms with van der Waals surface area (Å²) >= 11 is 1.69. The van der Waals surface area contributed by atoms with E-state index < -0.39 is 0 Å². The molecule has 0 saturated carbocycles. The van der Waals surface area contributed by atoms with Crippen LogP contribution in [0.15, 0.2) is 72.1 Å². The van der Waals surface area contributed by atoms with Gasteiger partial charge in [0.1, 0.15) is 17.3 Å². The number of hydrogen-bond donors (Lipinski definition) is 0. The number of allylic oxidation sites excluding steroid dienone is 1. The second-order valence-electron chi connectivity index (χ2n) is 5.40. The van der Waals surface area contributed by atoms with Crippen molar-refractivity contribution in [2.75, 3.05) is 7.11 Å². The van der Waals surface area contributed by atoms with Crippen LogP contribution in [-0.2, 0) is 0 Å². The van der Waals surface area contributed by atoms with Gasteiger partial charge in [-0.15, -0.1) is 11.3 Å². The lowest BCUT2D eigenvalue weighted by Gasteiger charge is -2.25. The predicted octanol–water partition coefficient (Wildman–Crippen LogP) is 5.32. The highest BCUT2D eigenvalue weighted by molar-refractivity contribution is 7.11. The van der Waals surface area contributed by atoms with E-state index in [0.717, 1.165) is 22.1 Å². The number of methoxy groups -OCH3 is 1. The van der Waals surface area contributed by atoms with E-state index >= 15 is 0 Å². The van der Waals surface area contributed by atoms with E-state index in [0.29, 0.717) is 0 Å². The molecule has 2 heterocycles. The number of rotatable bonds is 3. The van der Waals surface area contributed by atoms with Crippen molar-refractivity contribution in [3.63, 3.8) is 0 Å². The molecule has 3 heteroatoms. The van der Waals surface area contributed by atoms with E-state index in [1.807, 2.05) is 30.3 Å². The van der Waals surface area contributed by atoms with Gasteiger partial charge in [-0.25, -0.2) is 0 Å². The number of ether oxygens (including phenoxy) is 2. The fourth-order valence-electron chi connectivity index (χ4n) is 2.86. The maximum atomic E-state index is 6.12.